The Hall–Kier alpha value is -3.74. The van der Waals surface area contributed by atoms with Crippen LogP contribution in [-0.4, -0.2) is 30.2 Å². The summed E-state index contributed by atoms with van der Waals surface area (Å²) < 4.78 is 5.60. The lowest BCUT2D eigenvalue weighted by atomic mass is 9.85. The number of nitrogens with zero attached hydrogens (tertiary/aromatic N) is 2. The van der Waals surface area contributed by atoms with Gasteiger partial charge in [-0.1, -0.05) is 29.8 Å². The molecule has 3 amide bonds. The largest absolute Gasteiger partial charge is 0.426 e. The van der Waals surface area contributed by atoms with E-state index in [1.165, 1.54) is 4.90 Å². The van der Waals surface area contributed by atoms with Gasteiger partial charge in [-0.25, -0.2) is 4.90 Å². The molecule has 35 heavy (non-hydrogen) atoms. The minimum atomic E-state index is -0.562. The van der Waals surface area contributed by atoms with Crippen LogP contribution in [0.15, 0.2) is 54.6 Å². The summed E-state index contributed by atoms with van der Waals surface area (Å²) >= 11 is 0. The van der Waals surface area contributed by atoms with Crippen molar-refractivity contribution in [2.75, 3.05) is 16.3 Å². The zero-order valence-corrected chi connectivity index (χ0v) is 19.6. The number of imide groups is 1. The Kier molecular flexibility index (Phi) is 4.91. The van der Waals surface area contributed by atoms with E-state index >= 15 is 0 Å². The monoisotopic (exact) mass is 470 g/mol. The number of benzene rings is 2. The topological polar surface area (TPSA) is 84.0 Å². The third-order valence-corrected chi connectivity index (χ3v) is 7.90. The van der Waals surface area contributed by atoms with Crippen LogP contribution in [-0.2, 0) is 19.2 Å². The van der Waals surface area contributed by atoms with Crippen molar-refractivity contribution < 1.29 is 23.9 Å². The van der Waals surface area contributed by atoms with Crippen LogP contribution in [0.3, 0.4) is 0 Å². The number of hydrogen-bond donors (Lipinski definition) is 0. The maximum atomic E-state index is 13.1. The smallest absolute Gasteiger partial charge is 0.316 e. The summed E-state index contributed by atoms with van der Waals surface area (Å²) in [5.41, 5.74) is 3.08. The van der Waals surface area contributed by atoms with E-state index in [0.29, 0.717) is 17.0 Å². The number of allylic oxidation sites excluding steroid dienone is 2. The molecule has 2 saturated heterocycles. The Bertz CT molecular complexity index is 1270. The van der Waals surface area contributed by atoms with Crippen molar-refractivity contribution in [3.8, 4) is 5.75 Å². The predicted molar refractivity (Wildman–Crippen MR) is 129 cm³/mol. The lowest BCUT2D eigenvalue weighted by Gasteiger charge is -2.20. The van der Waals surface area contributed by atoms with Crippen LogP contribution in [0.5, 0.6) is 5.75 Å². The second-order valence-electron chi connectivity index (χ2n) is 10.1. The first kappa shape index (κ1) is 21.8. The van der Waals surface area contributed by atoms with E-state index in [9.17, 15) is 19.2 Å². The molecule has 2 heterocycles. The number of ether oxygens (including phenoxy) is 1. The Morgan fingerprint density at radius 3 is 2.20 bits per heavy atom. The molecular formula is C28H26N2O5. The fourth-order valence-corrected chi connectivity index (χ4v) is 6.12. The molecule has 7 heteroatoms. The Morgan fingerprint density at radius 1 is 0.914 bits per heavy atom. The van der Waals surface area contributed by atoms with E-state index in [4.69, 9.17) is 4.74 Å². The van der Waals surface area contributed by atoms with Gasteiger partial charge in [0.1, 0.15) is 5.75 Å². The molecule has 3 fully saturated rings. The van der Waals surface area contributed by atoms with Gasteiger partial charge in [0.2, 0.25) is 17.7 Å². The van der Waals surface area contributed by atoms with Crippen molar-refractivity contribution in [1.82, 2.24) is 0 Å². The SMILES string of the molecule is Cc1ccc(N2C[C@H](C(=O)Oc3ccc(N4C(=O)[C@@H]5[C@@H](C4=O)[C@H]4C=C[C@H]5C4)c(C)c3)CC2=O)cc1. The van der Waals surface area contributed by atoms with Gasteiger partial charge in [0.25, 0.3) is 0 Å². The van der Waals surface area contributed by atoms with E-state index in [2.05, 4.69) is 12.2 Å². The molecule has 178 valence electrons. The van der Waals surface area contributed by atoms with E-state index in [0.717, 1.165) is 17.7 Å². The Labute approximate surface area is 203 Å². The molecular weight excluding hydrogens is 444 g/mol. The molecule has 0 N–H and O–H groups in total. The average Bonchev–Trinajstić information content (AvgIpc) is 3.59. The molecule has 7 nitrogen and oxygen atoms in total. The summed E-state index contributed by atoms with van der Waals surface area (Å²) in [6.45, 7) is 4.05. The summed E-state index contributed by atoms with van der Waals surface area (Å²) in [6.07, 6.45) is 5.13. The highest BCUT2D eigenvalue weighted by molar-refractivity contribution is 6.23. The fraction of sp³-hybridized carbons (Fsp3) is 0.357. The summed E-state index contributed by atoms with van der Waals surface area (Å²) in [4.78, 5) is 54.5. The van der Waals surface area contributed by atoms with Crippen molar-refractivity contribution in [2.45, 2.75) is 26.7 Å². The normalized spacial score (nSPS) is 28.9. The van der Waals surface area contributed by atoms with Crippen molar-refractivity contribution in [1.29, 1.82) is 0 Å². The lowest BCUT2D eigenvalue weighted by Crippen LogP contribution is -2.33. The minimum absolute atomic E-state index is 0.0969. The number of rotatable bonds is 4. The maximum Gasteiger partial charge on any atom is 0.316 e. The Morgan fingerprint density at radius 2 is 1.57 bits per heavy atom. The average molecular weight is 471 g/mol. The van der Waals surface area contributed by atoms with Gasteiger partial charge in [0.15, 0.2) is 0 Å². The molecule has 2 aliphatic carbocycles. The first-order valence-corrected chi connectivity index (χ1v) is 12.1. The standard InChI is InChI=1S/C28H26N2O5/c1-15-3-7-20(8-4-15)29-14-19(13-23(29)31)28(34)35-21-9-10-22(16(2)11-21)30-26(32)24-17-5-6-18(12-17)25(24)27(30)33/h3-11,17-19,24-25H,12-14H2,1-2H3/t17-,18-,19+,24-,25-/m0/s1. The van der Waals surface area contributed by atoms with Crippen LogP contribution in [0, 0.1) is 43.4 Å². The number of hydrogen-bond acceptors (Lipinski definition) is 5. The molecule has 0 spiro atoms. The van der Waals surface area contributed by atoms with Gasteiger partial charge >= 0.3 is 5.97 Å². The number of anilines is 2. The van der Waals surface area contributed by atoms with Crippen molar-refractivity contribution >= 4 is 35.1 Å². The highest BCUT2D eigenvalue weighted by atomic mass is 16.5. The molecule has 2 aromatic carbocycles. The third kappa shape index (κ3) is 3.40. The number of amides is 3. The molecule has 6 rings (SSSR count). The molecule has 2 bridgehead atoms. The van der Waals surface area contributed by atoms with Gasteiger partial charge in [-0.15, -0.1) is 0 Å². The van der Waals surface area contributed by atoms with E-state index < -0.39 is 11.9 Å². The van der Waals surface area contributed by atoms with Crippen LogP contribution in [0.25, 0.3) is 0 Å². The molecule has 2 aromatic rings. The quantitative estimate of drug-likeness (QED) is 0.295. The van der Waals surface area contributed by atoms with Crippen LogP contribution >= 0.6 is 0 Å². The first-order valence-electron chi connectivity index (χ1n) is 12.1. The van der Waals surface area contributed by atoms with Gasteiger partial charge in [-0.05, 0) is 68.0 Å². The summed E-state index contributed by atoms with van der Waals surface area (Å²) in [7, 11) is 0. The highest BCUT2D eigenvalue weighted by Gasteiger charge is 2.59. The van der Waals surface area contributed by atoms with Crippen molar-refractivity contribution in [2.24, 2.45) is 29.6 Å². The van der Waals surface area contributed by atoms with Gasteiger partial charge in [-0.2, -0.15) is 0 Å². The maximum absolute atomic E-state index is 13.1. The second-order valence-corrected chi connectivity index (χ2v) is 10.1. The molecule has 4 aliphatic rings. The number of carbonyl (C=O) groups is 4. The molecule has 0 unspecified atom stereocenters. The zero-order valence-electron chi connectivity index (χ0n) is 19.6. The van der Waals surface area contributed by atoms with Crippen LogP contribution in [0.2, 0.25) is 0 Å². The summed E-state index contributed by atoms with van der Waals surface area (Å²) in [5, 5.41) is 0. The third-order valence-electron chi connectivity index (χ3n) is 7.90. The molecule has 0 radical (unpaired) electrons. The summed E-state index contributed by atoms with van der Waals surface area (Å²) in [6, 6.07) is 12.6. The van der Waals surface area contributed by atoms with Crippen LogP contribution < -0.4 is 14.5 Å². The van der Waals surface area contributed by atoms with Crippen LogP contribution in [0.4, 0.5) is 11.4 Å². The molecule has 0 aromatic heterocycles. The molecule has 5 atom stereocenters. The Balaban J connectivity index is 1.15. The minimum Gasteiger partial charge on any atom is -0.426 e. The zero-order chi connectivity index (χ0) is 24.4. The number of aryl methyl sites for hydroxylation is 2. The number of fused-ring (bicyclic) bond motifs is 5. The van der Waals surface area contributed by atoms with Gasteiger partial charge in [0, 0.05) is 18.7 Å². The van der Waals surface area contributed by atoms with Crippen molar-refractivity contribution in [3.63, 3.8) is 0 Å². The van der Waals surface area contributed by atoms with Gasteiger partial charge in [-0.3, -0.25) is 19.2 Å². The van der Waals surface area contributed by atoms with Crippen molar-refractivity contribution in [3.05, 3.63) is 65.7 Å². The van der Waals surface area contributed by atoms with Crippen LogP contribution in [0.1, 0.15) is 24.0 Å². The second kappa shape index (κ2) is 7.90. The van der Waals surface area contributed by atoms with E-state index in [1.54, 1.807) is 30.0 Å². The lowest BCUT2D eigenvalue weighted by molar-refractivity contribution is -0.139. The molecule has 1 saturated carbocycles. The number of esters is 1. The first-order chi connectivity index (χ1) is 16.8. The predicted octanol–water partition coefficient (Wildman–Crippen LogP) is 3.57. The van der Waals surface area contributed by atoms with Gasteiger partial charge in [0.05, 0.1) is 23.4 Å². The number of carbonyl (C=O) groups excluding carboxylic acids is 4. The van der Waals surface area contributed by atoms with E-state index in [-0.39, 0.29) is 54.4 Å². The summed E-state index contributed by atoms with van der Waals surface area (Å²) in [5.74, 6) is -1.28. The molecule has 2 aliphatic heterocycles. The van der Waals surface area contributed by atoms with Gasteiger partial charge < -0.3 is 9.64 Å². The fourth-order valence-electron chi connectivity index (χ4n) is 6.12. The van der Waals surface area contributed by atoms with E-state index in [1.807, 2.05) is 31.2 Å². The highest BCUT2D eigenvalue weighted by Crippen LogP contribution is 2.53.